The Bertz CT molecular complexity index is 1110. The van der Waals surface area contributed by atoms with Gasteiger partial charge in [-0.2, -0.15) is 4.39 Å². The van der Waals surface area contributed by atoms with Gasteiger partial charge in [-0.05, 0) is 63.8 Å². The summed E-state index contributed by atoms with van der Waals surface area (Å²) in [6, 6.07) is 5.11. The highest BCUT2D eigenvalue weighted by molar-refractivity contribution is 7.92. The number of aromatic nitrogens is 1. The Balaban J connectivity index is 1.55. The topological polar surface area (TPSA) is 65.5 Å². The lowest BCUT2D eigenvalue weighted by Crippen LogP contribution is -2.33. The molecule has 1 N–H and O–H groups in total. The molecule has 1 aromatic carbocycles. The van der Waals surface area contributed by atoms with Gasteiger partial charge >= 0.3 is 0 Å². The summed E-state index contributed by atoms with van der Waals surface area (Å²) in [6.45, 7) is 7.03. The van der Waals surface area contributed by atoms with E-state index >= 15 is 4.39 Å². The number of nitrogens with zero attached hydrogens (tertiary/aromatic N) is 3. The Kier molecular flexibility index (Phi) is 6.35. The predicted octanol–water partition coefficient (Wildman–Crippen LogP) is 3.92. The molecule has 3 heterocycles. The number of rotatable bonds is 6. The summed E-state index contributed by atoms with van der Waals surface area (Å²) < 4.78 is 70.6. The van der Waals surface area contributed by atoms with Gasteiger partial charge in [-0.3, -0.25) is 4.72 Å². The summed E-state index contributed by atoms with van der Waals surface area (Å²) in [4.78, 5) is 6.68. The molecule has 2 saturated heterocycles. The number of nitrogens with one attached hydrogen (secondary N) is 1. The van der Waals surface area contributed by atoms with Crippen LogP contribution in [0.2, 0.25) is 0 Å². The molecule has 0 radical (unpaired) electrons. The van der Waals surface area contributed by atoms with Crippen LogP contribution >= 0.6 is 0 Å². The van der Waals surface area contributed by atoms with Crippen molar-refractivity contribution in [2.24, 2.45) is 5.92 Å². The highest BCUT2D eigenvalue weighted by atomic mass is 32.2. The van der Waals surface area contributed by atoms with Crippen LogP contribution in [-0.2, 0) is 10.0 Å². The van der Waals surface area contributed by atoms with Gasteiger partial charge in [-0.25, -0.2) is 22.2 Å². The van der Waals surface area contributed by atoms with Crippen LogP contribution in [0.4, 0.5) is 24.7 Å². The van der Waals surface area contributed by atoms with Crippen LogP contribution in [0.5, 0.6) is 0 Å². The number of likely N-dealkylation sites (tertiary alicyclic amines) is 1. The van der Waals surface area contributed by atoms with Crippen LogP contribution in [0, 0.1) is 30.4 Å². The lowest BCUT2D eigenvalue weighted by molar-refractivity contribution is 0.233. The van der Waals surface area contributed by atoms with E-state index in [2.05, 4.69) is 16.8 Å². The van der Waals surface area contributed by atoms with E-state index in [1.807, 2.05) is 9.62 Å². The maximum absolute atomic E-state index is 15.1. The van der Waals surface area contributed by atoms with Gasteiger partial charge in [-0.15, -0.1) is 0 Å². The molecule has 4 rings (SSSR count). The second-order valence-corrected chi connectivity index (χ2v) is 10.3. The number of hydrogen-bond acceptors (Lipinski definition) is 5. The van der Waals surface area contributed by atoms with Crippen molar-refractivity contribution < 1.29 is 21.6 Å². The molecule has 0 spiro atoms. The fourth-order valence-corrected chi connectivity index (χ4v) is 5.90. The standard InChI is InChI=1S/C22H27F3N4O2S/c1-14-5-4-9-28(14)12-16-8-10-29(13-16)18-11-17(23)22(21(25)15(18)2)32(30,31)27-20-7-3-6-19(24)26-20/h3,6-7,11,14,16H,4-5,8-10,12-13H2,1-2H3,(H,26,27)/t14-,16?/m0/s1. The molecule has 0 bridgehead atoms. The number of anilines is 2. The van der Waals surface area contributed by atoms with Gasteiger partial charge in [0.15, 0.2) is 10.7 Å². The second kappa shape index (κ2) is 8.90. The first-order valence-electron chi connectivity index (χ1n) is 10.8. The minimum atomic E-state index is -4.64. The van der Waals surface area contributed by atoms with E-state index in [-0.39, 0.29) is 11.4 Å². The molecule has 1 aromatic heterocycles. The van der Waals surface area contributed by atoms with Crippen LogP contribution in [-0.4, -0.2) is 50.5 Å². The molecule has 6 nitrogen and oxygen atoms in total. The summed E-state index contributed by atoms with van der Waals surface area (Å²) in [5, 5.41) is 0. The molecule has 2 aliphatic rings. The molecule has 0 amide bonds. The Morgan fingerprint density at radius 2 is 1.97 bits per heavy atom. The number of benzene rings is 1. The fraction of sp³-hybridized carbons (Fsp3) is 0.500. The van der Waals surface area contributed by atoms with E-state index in [1.165, 1.54) is 31.9 Å². The second-order valence-electron chi connectivity index (χ2n) is 8.68. The van der Waals surface area contributed by atoms with Crippen molar-refractivity contribution in [3.05, 3.63) is 47.4 Å². The van der Waals surface area contributed by atoms with Crippen LogP contribution < -0.4 is 9.62 Å². The normalized spacial score (nSPS) is 22.0. The van der Waals surface area contributed by atoms with E-state index in [1.54, 1.807) is 0 Å². The predicted molar refractivity (Wildman–Crippen MR) is 117 cm³/mol. The zero-order valence-electron chi connectivity index (χ0n) is 18.1. The first-order valence-corrected chi connectivity index (χ1v) is 12.3. The summed E-state index contributed by atoms with van der Waals surface area (Å²) in [5.74, 6) is -3.22. The minimum Gasteiger partial charge on any atom is -0.371 e. The van der Waals surface area contributed by atoms with Gasteiger partial charge in [-0.1, -0.05) is 6.07 Å². The van der Waals surface area contributed by atoms with Gasteiger partial charge in [0.1, 0.15) is 11.6 Å². The van der Waals surface area contributed by atoms with Gasteiger partial charge in [0, 0.05) is 36.9 Å². The van der Waals surface area contributed by atoms with E-state index in [9.17, 15) is 17.2 Å². The van der Waals surface area contributed by atoms with Crippen LogP contribution in [0.3, 0.4) is 0 Å². The van der Waals surface area contributed by atoms with E-state index < -0.39 is 32.5 Å². The average molecular weight is 469 g/mol. The number of hydrogen-bond donors (Lipinski definition) is 1. The first kappa shape index (κ1) is 22.8. The number of pyridine rings is 1. The molecular formula is C22H27F3N4O2S. The van der Waals surface area contributed by atoms with Crippen LogP contribution in [0.1, 0.15) is 31.7 Å². The summed E-state index contributed by atoms with van der Waals surface area (Å²) >= 11 is 0. The minimum absolute atomic E-state index is 0.0640. The third-order valence-corrected chi connectivity index (χ3v) is 7.82. The first-order chi connectivity index (χ1) is 15.2. The van der Waals surface area contributed by atoms with Gasteiger partial charge < -0.3 is 9.80 Å². The summed E-state index contributed by atoms with van der Waals surface area (Å²) in [5.41, 5.74) is 0.425. The van der Waals surface area contributed by atoms with Crippen LogP contribution in [0.15, 0.2) is 29.2 Å². The molecule has 2 aliphatic heterocycles. The van der Waals surface area contributed by atoms with Gasteiger partial charge in [0.25, 0.3) is 10.0 Å². The van der Waals surface area contributed by atoms with E-state index in [4.69, 9.17) is 0 Å². The van der Waals surface area contributed by atoms with Gasteiger partial charge in [0.05, 0.1) is 0 Å². The molecule has 0 aliphatic carbocycles. The number of halogens is 3. The summed E-state index contributed by atoms with van der Waals surface area (Å²) in [6.07, 6.45) is 3.31. The van der Waals surface area contributed by atoms with Crippen LogP contribution in [0.25, 0.3) is 0 Å². The lowest BCUT2D eigenvalue weighted by Gasteiger charge is -2.26. The van der Waals surface area contributed by atoms with Crippen molar-refractivity contribution in [3.63, 3.8) is 0 Å². The Hall–Kier alpha value is -2.33. The Morgan fingerprint density at radius 1 is 1.19 bits per heavy atom. The molecule has 174 valence electrons. The molecule has 1 unspecified atom stereocenters. The number of sulfonamides is 1. The molecule has 32 heavy (non-hydrogen) atoms. The molecule has 10 heteroatoms. The zero-order chi connectivity index (χ0) is 23.0. The van der Waals surface area contributed by atoms with Crippen molar-refractivity contribution in [3.8, 4) is 0 Å². The Morgan fingerprint density at radius 3 is 2.66 bits per heavy atom. The smallest absolute Gasteiger partial charge is 0.268 e. The largest absolute Gasteiger partial charge is 0.371 e. The molecule has 2 atom stereocenters. The van der Waals surface area contributed by atoms with E-state index in [0.717, 1.165) is 31.6 Å². The van der Waals surface area contributed by atoms with Gasteiger partial charge in [0.2, 0.25) is 5.95 Å². The fourth-order valence-electron chi connectivity index (χ4n) is 4.71. The maximum atomic E-state index is 15.1. The SMILES string of the molecule is Cc1c(N2CCC(CN3CCC[C@@H]3C)C2)cc(F)c(S(=O)(=O)Nc2cccc(F)n2)c1F. The van der Waals surface area contributed by atoms with Crippen molar-refractivity contribution in [2.45, 2.75) is 44.0 Å². The van der Waals surface area contributed by atoms with Crippen molar-refractivity contribution in [1.29, 1.82) is 0 Å². The monoisotopic (exact) mass is 468 g/mol. The van der Waals surface area contributed by atoms with Crippen molar-refractivity contribution >= 4 is 21.5 Å². The molecular weight excluding hydrogens is 441 g/mol. The summed E-state index contributed by atoms with van der Waals surface area (Å²) in [7, 11) is -4.64. The highest BCUT2D eigenvalue weighted by Gasteiger charge is 2.32. The van der Waals surface area contributed by atoms with Crippen molar-refractivity contribution in [2.75, 3.05) is 35.8 Å². The van der Waals surface area contributed by atoms with E-state index in [0.29, 0.717) is 30.7 Å². The Labute approximate surface area is 186 Å². The molecule has 2 fully saturated rings. The lowest BCUT2D eigenvalue weighted by atomic mass is 10.1. The zero-order valence-corrected chi connectivity index (χ0v) is 18.9. The third kappa shape index (κ3) is 4.56. The molecule has 0 saturated carbocycles. The van der Waals surface area contributed by atoms with Crippen molar-refractivity contribution in [1.82, 2.24) is 9.88 Å². The molecule has 2 aromatic rings. The third-order valence-electron chi connectivity index (χ3n) is 6.43. The maximum Gasteiger partial charge on any atom is 0.268 e. The average Bonchev–Trinajstić information content (AvgIpc) is 3.34. The highest BCUT2D eigenvalue weighted by Crippen LogP contribution is 2.34. The quantitative estimate of drug-likeness (QED) is 0.651.